The van der Waals surface area contributed by atoms with Crippen molar-refractivity contribution < 1.29 is 14.3 Å². The smallest absolute Gasteiger partial charge is 0.257 e. The molecule has 0 fully saturated rings. The Bertz CT molecular complexity index is 973. The van der Waals surface area contributed by atoms with Gasteiger partial charge in [0.25, 0.3) is 5.91 Å². The number of nitrogens with zero attached hydrogens (tertiary/aromatic N) is 1. The lowest BCUT2D eigenvalue weighted by atomic mass is 10.1. The maximum Gasteiger partial charge on any atom is 0.257 e. The van der Waals surface area contributed by atoms with Gasteiger partial charge < -0.3 is 20.1 Å². The number of pyridine rings is 1. The first-order chi connectivity index (χ1) is 13.6. The van der Waals surface area contributed by atoms with Crippen LogP contribution in [0.2, 0.25) is 0 Å². The Kier molecular flexibility index (Phi) is 6.11. The predicted octanol–water partition coefficient (Wildman–Crippen LogP) is 4.27. The van der Waals surface area contributed by atoms with Crippen LogP contribution in [0.25, 0.3) is 0 Å². The predicted molar refractivity (Wildman–Crippen MR) is 110 cm³/mol. The molecule has 2 aromatic carbocycles. The van der Waals surface area contributed by atoms with Gasteiger partial charge in [0, 0.05) is 30.7 Å². The number of benzene rings is 2. The SMILES string of the molecule is COc1ccc(NC(=O)c2cncc(NCc3ccccc3C)c2)cc1OC. The molecule has 3 rings (SSSR count). The second kappa shape index (κ2) is 8.90. The molecule has 0 saturated carbocycles. The van der Waals surface area contributed by atoms with Crippen molar-refractivity contribution in [1.29, 1.82) is 0 Å². The summed E-state index contributed by atoms with van der Waals surface area (Å²) >= 11 is 0. The zero-order valence-corrected chi connectivity index (χ0v) is 16.2. The van der Waals surface area contributed by atoms with E-state index in [0.717, 1.165) is 5.69 Å². The number of nitrogens with one attached hydrogen (secondary N) is 2. The minimum Gasteiger partial charge on any atom is -0.493 e. The number of aromatic nitrogens is 1. The molecule has 144 valence electrons. The summed E-state index contributed by atoms with van der Waals surface area (Å²) in [4.78, 5) is 16.8. The molecule has 0 aliphatic carbocycles. The van der Waals surface area contributed by atoms with Gasteiger partial charge in [0.1, 0.15) is 0 Å². The normalized spacial score (nSPS) is 10.2. The third kappa shape index (κ3) is 4.59. The van der Waals surface area contributed by atoms with Gasteiger partial charge in [-0.05, 0) is 36.2 Å². The van der Waals surface area contributed by atoms with E-state index in [0.29, 0.717) is 29.3 Å². The number of rotatable bonds is 7. The summed E-state index contributed by atoms with van der Waals surface area (Å²) in [7, 11) is 3.12. The minimum atomic E-state index is -0.251. The highest BCUT2D eigenvalue weighted by Crippen LogP contribution is 2.30. The largest absolute Gasteiger partial charge is 0.493 e. The summed E-state index contributed by atoms with van der Waals surface area (Å²) in [6.45, 7) is 2.73. The number of amides is 1. The molecule has 1 heterocycles. The quantitative estimate of drug-likeness (QED) is 0.643. The van der Waals surface area contributed by atoms with Crippen LogP contribution in [-0.2, 0) is 6.54 Å². The van der Waals surface area contributed by atoms with E-state index in [-0.39, 0.29) is 5.91 Å². The molecule has 0 unspecified atom stereocenters. The number of ether oxygens (including phenoxy) is 2. The number of hydrogen-bond donors (Lipinski definition) is 2. The van der Waals surface area contributed by atoms with E-state index in [2.05, 4.69) is 34.7 Å². The van der Waals surface area contributed by atoms with Crippen molar-refractivity contribution in [3.63, 3.8) is 0 Å². The number of aryl methyl sites for hydroxylation is 1. The van der Waals surface area contributed by atoms with Gasteiger partial charge in [-0.2, -0.15) is 0 Å². The molecule has 2 N–H and O–H groups in total. The summed E-state index contributed by atoms with van der Waals surface area (Å²) < 4.78 is 10.5. The standard InChI is InChI=1S/C22H23N3O3/c1-15-6-4-5-7-16(15)13-24-19-10-17(12-23-14-19)22(26)25-18-8-9-20(27-2)21(11-18)28-3/h4-12,14,24H,13H2,1-3H3,(H,25,26). The van der Waals surface area contributed by atoms with Gasteiger partial charge in [0.05, 0.1) is 25.5 Å². The second-order valence-electron chi connectivity index (χ2n) is 6.27. The molecule has 0 atom stereocenters. The lowest BCUT2D eigenvalue weighted by Gasteiger charge is -2.12. The highest BCUT2D eigenvalue weighted by Gasteiger charge is 2.10. The molecule has 1 aromatic heterocycles. The van der Waals surface area contributed by atoms with Crippen LogP contribution in [-0.4, -0.2) is 25.1 Å². The molecule has 28 heavy (non-hydrogen) atoms. The monoisotopic (exact) mass is 377 g/mol. The van der Waals surface area contributed by atoms with Crippen molar-refractivity contribution in [3.8, 4) is 11.5 Å². The number of anilines is 2. The van der Waals surface area contributed by atoms with Crippen molar-refractivity contribution in [3.05, 3.63) is 77.6 Å². The van der Waals surface area contributed by atoms with Crippen LogP contribution in [0, 0.1) is 6.92 Å². The highest BCUT2D eigenvalue weighted by atomic mass is 16.5. The average Bonchev–Trinajstić information content (AvgIpc) is 2.73. The minimum absolute atomic E-state index is 0.251. The Labute approximate surface area is 164 Å². The molecule has 0 spiro atoms. The van der Waals surface area contributed by atoms with Crippen LogP contribution in [0.4, 0.5) is 11.4 Å². The first kappa shape index (κ1) is 19.2. The van der Waals surface area contributed by atoms with E-state index >= 15 is 0 Å². The van der Waals surface area contributed by atoms with Crippen molar-refractivity contribution in [1.82, 2.24) is 4.98 Å². The van der Waals surface area contributed by atoms with Crippen LogP contribution in [0.5, 0.6) is 11.5 Å². The zero-order chi connectivity index (χ0) is 19.9. The molecular weight excluding hydrogens is 354 g/mol. The molecule has 6 heteroatoms. The van der Waals surface area contributed by atoms with E-state index in [9.17, 15) is 4.79 Å². The first-order valence-electron chi connectivity index (χ1n) is 8.87. The number of carbonyl (C=O) groups is 1. The van der Waals surface area contributed by atoms with Crippen LogP contribution in [0.15, 0.2) is 60.9 Å². The summed E-state index contributed by atoms with van der Waals surface area (Å²) in [6.07, 6.45) is 3.24. The van der Waals surface area contributed by atoms with Crippen LogP contribution < -0.4 is 20.1 Å². The van der Waals surface area contributed by atoms with E-state index in [1.165, 1.54) is 17.3 Å². The highest BCUT2D eigenvalue weighted by molar-refractivity contribution is 6.04. The Morgan fingerprint density at radius 3 is 2.50 bits per heavy atom. The maximum atomic E-state index is 12.6. The zero-order valence-electron chi connectivity index (χ0n) is 16.2. The second-order valence-corrected chi connectivity index (χ2v) is 6.27. The summed E-state index contributed by atoms with van der Waals surface area (Å²) in [5.74, 6) is 0.899. The molecule has 6 nitrogen and oxygen atoms in total. The third-order valence-corrected chi connectivity index (χ3v) is 4.39. The van der Waals surface area contributed by atoms with Gasteiger partial charge >= 0.3 is 0 Å². The lowest BCUT2D eigenvalue weighted by Crippen LogP contribution is -2.13. The van der Waals surface area contributed by atoms with E-state index in [1.807, 2.05) is 12.1 Å². The lowest BCUT2D eigenvalue weighted by molar-refractivity contribution is 0.102. The number of carbonyl (C=O) groups excluding carboxylic acids is 1. The van der Waals surface area contributed by atoms with Gasteiger partial charge in [0.2, 0.25) is 0 Å². The van der Waals surface area contributed by atoms with Gasteiger partial charge in [0.15, 0.2) is 11.5 Å². The van der Waals surface area contributed by atoms with Crippen LogP contribution >= 0.6 is 0 Å². The fourth-order valence-corrected chi connectivity index (χ4v) is 2.78. The van der Waals surface area contributed by atoms with Crippen molar-refractivity contribution >= 4 is 17.3 Å². The molecule has 3 aromatic rings. The van der Waals surface area contributed by atoms with Gasteiger partial charge in [-0.25, -0.2) is 0 Å². The van der Waals surface area contributed by atoms with E-state index in [1.54, 1.807) is 44.7 Å². The Hall–Kier alpha value is -3.54. The Balaban J connectivity index is 1.69. The fourth-order valence-electron chi connectivity index (χ4n) is 2.78. The third-order valence-electron chi connectivity index (χ3n) is 4.39. The Morgan fingerprint density at radius 2 is 1.75 bits per heavy atom. The van der Waals surface area contributed by atoms with E-state index < -0.39 is 0 Å². The Morgan fingerprint density at radius 1 is 0.964 bits per heavy atom. The molecule has 0 bridgehead atoms. The van der Waals surface area contributed by atoms with Gasteiger partial charge in [-0.15, -0.1) is 0 Å². The molecule has 0 aliphatic heterocycles. The maximum absolute atomic E-state index is 12.6. The van der Waals surface area contributed by atoms with Crippen molar-refractivity contribution in [2.75, 3.05) is 24.9 Å². The molecule has 0 radical (unpaired) electrons. The molecule has 1 amide bonds. The van der Waals surface area contributed by atoms with E-state index in [4.69, 9.17) is 9.47 Å². The molecular formula is C22H23N3O3. The summed E-state index contributed by atoms with van der Waals surface area (Å²) in [6, 6.07) is 15.2. The molecule has 0 aliphatic rings. The average molecular weight is 377 g/mol. The van der Waals surface area contributed by atoms with Crippen LogP contribution in [0.3, 0.4) is 0 Å². The van der Waals surface area contributed by atoms with Gasteiger partial charge in [-0.1, -0.05) is 24.3 Å². The number of hydrogen-bond acceptors (Lipinski definition) is 5. The summed E-state index contributed by atoms with van der Waals surface area (Å²) in [5.41, 5.74) is 4.27. The van der Waals surface area contributed by atoms with Gasteiger partial charge in [-0.3, -0.25) is 9.78 Å². The summed E-state index contributed by atoms with van der Waals surface area (Å²) in [5, 5.41) is 6.17. The first-order valence-corrected chi connectivity index (χ1v) is 8.87. The topological polar surface area (TPSA) is 72.5 Å². The molecule has 0 saturated heterocycles. The number of methoxy groups -OCH3 is 2. The van der Waals surface area contributed by atoms with Crippen molar-refractivity contribution in [2.24, 2.45) is 0 Å². The fraction of sp³-hybridized carbons (Fsp3) is 0.182. The van der Waals surface area contributed by atoms with Crippen LogP contribution in [0.1, 0.15) is 21.5 Å². The van der Waals surface area contributed by atoms with Crippen molar-refractivity contribution in [2.45, 2.75) is 13.5 Å².